The first kappa shape index (κ1) is 29.6. The van der Waals surface area contributed by atoms with Crippen LogP contribution in [0, 0.1) is 5.92 Å². The van der Waals surface area contributed by atoms with E-state index in [1.165, 1.54) is 17.1 Å². The Kier molecular flexibility index (Phi) is 8.50. The molecule has 6 rings (SSSR count). The van der Waals surface area contributed by atoms with Crippen LogP contribution < -0.4 is 5.32 Å². The molecule has 0 radical (unpaired) electrons. The van der Waals surface area contributed by atoms with Crippen LogP contribution in [-0.4, -0.2) is 52.6 Å². The van der Waals surface area contributed by atoms with E-state index in [9.17, 15) is 19.2 Å². The molecule has 1 saturated carbocycles. The van der Waals surface area contributed by atoms with E-state index < -0.39 is 24.5 Å². The Bertz CT molecular complexity index is 1650. The molecule has 224 valence electrons. The van der Waals surface area contributed by atoms with E-state index in [1.807, 2.05) is 36.4 Å². The number of carbonyl (C=O) groups excluding carboxylic acids is 4. The van der Waals surface area contributed by atoms with Gasteiger partial charge in [-0.1, -0.05) is 59.6 Å². The molecule has 44 heavy (non-hydrogen) atoms. The Morgan fingerprint density at radius 3 is 2.30 bits per heavy atom. The lowest BCUT2D eigenvalue weighted by Crippen LogP contribution is -2.34. The standard InChI is InChI=1S/C33H28Cl2N4O5/c34-25-12-6-20(7-13-25)16-24-2-1-3-27-30(24)37-39(31(27)22-10-14-26(35)15-11-22)29(41)19-44-32(42)23-8-4-21(5-9-23)18-38-28(40)17-36-33(38)43/h4-16,27,31H,1-3,17-19H2,(H,36,43)/b24-16-. The highest BCUT2D eigenvalue weighted by atomic mass is 35.5. The minimum atomic E-state index is -0.671. The van der Waals surface area contributed by atoms with E-state index in [2.05, 4.69) is 11.4 Å². The highest BCUT2D eigenvalue weighted by Gasteiger charge is 2.44. The molecular formula is C33H28Cl2N4O5. The lowest BCUT2D eigenvalue weighted by molar-refractivity contribution is -0.137. The Balaban J connectivity index is 1.18. The molecule has 2 unspecified atom stereocenters. The quantitative estimate of drug-likeness (QED) is 0.253. The smallest absolute Gasteiger partial charge is 0.338 e. The number of urea groups is 1. The van der Waals surface area contributed by atoms with Crippen LogP contribution in [0.4, 0.5) is 4.79 Å². The molecule has 2 aliphatic heterocycles. The fraction of sp³-hybridized carbons (Fsp3) is 0.242. The van der Waals surface area contributed by atoms with Gasteiger partial charge in [-0.15, -0.1) is 0 Å². The second-order valence-corrected chi connectivity index (χ2v) is 11.7. The largest absolute Gasteiger partial charge is 0.452 e. The first-order valence-corrected chi connectivity index (χ1v) is 15.0. The zero-order chi connectivity index (χ0) is 30.8. The number of ether oxygens (including phenoxy) is 1. The molecule has 1 N–H and O–H groups in total. The Morgan fingerprint density at radius 2 is 1.64 bits per heavy atom. The van der Waals surface area contributed by atoms with Crippen molar-refractivity contribution < 1.29 is 23.9 Å². The molecule has 2 fully saturated rings. The fourth-order valence-corrected chi connectivity index (χ4v) is 6.03. The fourth-order valence-electron chi connectivity index (χ4n) is 5.78. The Labute approximate surface area is 264 Å². The van der Waals surface area contributed by atoms with Gasteiger partial charge >= 0.3 is 12.0 Å². The molecule has 1 saturated heterocycles. The molecule has 11 heteroatoms. The zero-order valence-electron chi connectivity index (χ0n) is 23.5. The predicted molar refractivity (Wildman–Crippen MR) is 166 cm³/mol. The summed E-state index contributed by atoms with van der Waals surface area (Å²) < 4.78 is 5.42. The van der Waals surface area contributed by atoms with Crippen molar-refractivity contribution in [3.8, 4) is 0 Å². The van der Waals surface area contributed by atoms with Crippen LogP contribution in [-0.2, 0) is 20.9 Å². The molecule has 2 atom stereocenters. The summed E-state index contributed by atoms with van der Waals surface area (Å²) in [5.41, 5.74) is 4.71. The van der Waals surface area contributed by atoms with Gasteiger partial charge in [0.2, 0.25) is 5.91 Å². The number of imide groups is 1. The van der Waals surface area contributed by atoms with E-state index in [0.717, 1.165) is 46.6 Å². The molecule has 9 nitrogen and oxygen atoms in total. The number of hydrazone groups is 1. The second kappa shape index (κ2) is 12.6. The van der Waals surface area contributed by atoms with Crippen LogP contribution in [0.25, 0.3) is 6.08 Å². The van der Waals surface area contributed by atoms with Crippen LogP contribution in [0.15, 0.2) is 83.5 Å². The summed E-state index contributed by atoms with van der Waals surface area (Å²) in [5.74, 6) is -1.45. The molecule has 1 aliphatic carbocycles. The first-order chi connectivity index (χ1) is 21.3. The average molecular weight is 632 g/mol. The predicted octanol–water partition coefficient (Wildman–Crippen LogP) is 6.03. The van der Waals surface area contributed by atoms with Gasteiger partial charge in [-0.25, -0.2) is 14.6 Å². The van der Waals surface area contributed by atoms with E-state index in [0.29, 0.717) is 15.6 Å². The third-order valence-electron chi connectivity index (χ3n) is 7.97. The zero-order valence-corrected chi connectivity index (χ0v) is 25.1. The van der Waals surface area contributed by atoms with Crippen molar-refractivity contribution in [1.29, 1.82) is 0 Å². The van der Waals surface area contributed by atoms with Gasteiger partial charge in [0.25, 0.3) is 5.91 Å². The maximum Gasteiger partial charge on any atom is 0.338 e. The summed E-state index contributed by atoms with van der Waals surface area (Å²) in [5, 5.41) is 9.99. The lowest BCUT2D eigenvalue weighted by Gasteiger charge is -2.29. The normalized spacial score (nSPS) is 20.4. The maximum absolute atomic E-state index is 13.6. The van der Waals surface area contributed by atoms with Gasteiger partial charge in [0.05, 0.1) is 30.4 Å². The molecule has 3 aliphatic rings. The molecule has 0 bridgehead atoms. The summed E-state index contributed by atoms with van der Waals surface area (Å²) in [6.07, 6.45) is 4.71. The molecule has 2 heterocycles. The van der Waals surface area contributed by atoms with Crippen molar-refractivity contribution in [2.75, 3.05) is 13.2 Å². The number of esters is 1. The highest BCUT2D eigenvalue weighted by Crippen LogP contribution is 2.44. The second-order valence-electron chi connectivity index (χ2n) is 10.9. The maximum atomic E-state index is 13.6. The molecule has 3 aromatic rings. The van der Waals surface area contributed by atoms with E-state index in [-0.39, 0.29) is 36.5 Å². The van der Waals surface area contributed by atoms with Crippen LogP contribution in [0.1, 0.15) is 52.4 Å². The van der Waals surface area contributed by atoms with Gasteiger partial charge in [-0.3, -0.25) is 14.5 Å². The van der Waals surface area contributed by atoms with Gasteiger partial charge in [0, 0.05) is 16.0 Å². The van der Waals surface area contributed by atoms with Gasteiger partial charge < -0.3 is 10.1 Å². The number of nitrogens with one attached hydrogen (secondary N) is 1. The summed E-state index contributed by atoms with van der Waals surface area (Å²) >= 11 is 12.2. The number of nitrogens with zero attached hydrogens (tertiary/aromatic N) is 3. The number of allylic oxidation sites excluding steroid dienone is 1. The topological polar surface area (TPSA) is 108 Å². The number of fused-ring (bicyclic) bond motifs is 1. The lowest BCUT2D eigenvalue weighted by atomic mass is 9.77. The van der Waals surface area contributed by atoms with E-state index in [4.69, 9.17) is 33.0 Å². The van der Waals surface area contributed by atoms with Crippen LogP contribution in [0.3, 0.4) is 0 Å². The molecule has 4 amide bonds. The molecule has 0 spiro atoms. The van der Waals surface area contributed by atoms with Gasteiger partial charge in [0.15, 0.2) is 6.61 Å². The molecule has 0 aromatic heterocycles. The van der Waals surface area contributed by atoms with Gasteiger partial charge in [0.1, 0.15) is 0 Å². The third-order valence-corrected chi connectivity index (χ3v) is 8.48. The van der Waals surface area contributed by atoms with Crippen molar-refractivity contribution in [3.05, 3.63) is 111 Å². The number of hydrogen-bond donors (Lipinski definition) is 1. The third kappa shape index (κ3) is 6.25. The SMILES string of the molecule is O=C(OCC(=O)N1N=C2/C(=C\c3ccc(Cl)cc3)CCCC2C1c1ccc(Cl)cc1)c1ccc(CN2C(=O)CNC2=O)cc1. The highest BCUT2D eigenvalue weighted by molar-refractivity contribution is 6.30. The van der Waals surface area contributed by atoms with Crippen molar-refractivity contribution >= 4 is 58.8 Å². The summed E-state index contributed by atoms with van der Waals surface area (Å²) in [4.78, 5) is 51.2. The number of rotatable bonds is 7. The Hall–Kier alpha value is -4.47. The summed E-state index contributed by atoms with van der Waals surface area (Å²) in [6.45, 7) is -0.429. The minimum Gasteiger partial charge on any atom is -0.452 e. The number of carbonyl (C=O) groups is 4. The average Bonchev–Trinajstić information content (AvgIpc) is 3.58. The minimum absolute atomic E-state index is 0.0276. The summed E-state index contributed by atoms with van der Waals surface area (Å²) in [7, 11) is 0. The molecular weight excluding hydrogens is 603 g/mol. The van der Waals surface area contributed by atoms with Crippen LogP contribution in [0.2, 0.25) is 10.0 Å². The van der Waals surface area contributed by atoms with Crippen LogP contribution in [0.5, 0.6) is 0 Å². The van der Waals surface area contributed by atoms with Gasteiger partial charge in [-0.05, 0) is 84.0 Å². The monoisotopic (exact) mass is 630 g/mol. The van der Waals surface area contributed by atoms with Crippen molar-refractivity contribution in [2.45, 2.75) is 31.8 Å². The number of amides is 4. The molecule has 3 aromatic carbocycles. The van der Waals surface area contributed by atoms with Crippen molar-refractivity contribution in [1.82, 2.24) is 15.2 Å². The number of hydrogen-bond acceptors (Lipinski definition) is 6. The van der Waals surface area contributed by atoms with E-state index >= 15 is 0 Å². The van der Waals surface area contributed by atoms with Crippen molar-refractivity contribution in [3.63, 3.8) is 0 Å². The number of halogens is 2. The summed E-state index contributed by atoms with van der Waals surface area (Å²) in [6, 6.07) is 20.5. The van der Waals surface area contributed by atoms with E-state index in [1.54, 1.807) is 24.3 Å². The van der Waals surface area contributed by atoms with Crippen LogP contribution >= 0.6 is 23.2 Å². The van der Waals surface area contributed by atoms with Gasteiger partial charge in [-0.2, -0.15) is 5.10 Å². The first-order valence-electron chi connectivity index (χ1n) is 14.2. The Morgan fingerprint density at radius 1 is 0.955 bits per heavy atom. The number of benzene rings is 3. The van der Waals surface area contributed by atoms with Crippen molar-refractivity contribution in [2.24, 2.45) is 11.0 Å².